The van der Waals surface area contributed by atoms with Gasteiger partial charge in [-0.1, -0.05) is 12.1 Å². The first kappa shape index (κ1) is 19.1. The fourth-order valence-electron chi connectivity index (χ4n) is 2.38. The molecule has 0 unspecified atom stereocenters. The summed E-state index contributed by atoms with van der Waals surface area (Å²) in [5.74, 6) is -0.326. The van der Waals surface area contributed by atoms with Crippen molar-refractivity contribution in [1.82, 2.24) is 9.62 Å². The van der Waals surface area contributed by atoms with Crippen LogP contribution in [-0.2, 0) is 10.0 Å². The van der Waals surface area contributed by atoms with Crippen LogP contribution in [0.15, 0.2) is 29.2 Å². The Hall–Kier alpha value is -0.960. The van der Waals surface area contributed by atoms with E-state index < -0.39 is 16.6 Å². The molecule has 0 aromatic heterocycles. The van der Waals surface area contributed by atoms with Crippen molar-refractivity contribution < 1.29 is 21.9 Å². The normalized spacial score (nSPS) is 16.6. The molecule has 0 radical (unpaired) electrons. The van der Waals surface area contributed by atoms with E-state index in [1.807, 2.05) is 0 Å². The number of hydrogen-bond donors (Lipinski definition) is 1. The number of nitrogens with zero attached hydrogens (tertiary/aromatic N) is 1. The number of benzene rings is 1. The quantitative estimate of drug-likeness (QED) is 0.877. The van der Waals surface area contributed by atoms with Crippen LogP contribution in [0.5, 0.6) is 5.75 Å². The van der Waals surface area contributed by atoms with Crippen molar-refractivity contribution >= 4 is 22.4 Å². The van der Waals surface area contributed by atoms with Crippen LogP contribution in [0, 0.1) is 0 Å². The maximum atomic E-state index is 12.6. The monoisotopic (exact) mass is 356 g/mol. The number of piperidine rings is 1. The molecule has 1 aromatic carbocycles. The predicted molar refractivity (Wildman–Crippen MR) is 81.2 cm³/mol. The Morgan fingerprint density at radius 2 is 1.86 bits per heavy atom. The van der Waals surface area contributed by atoms with Crippen LogP contribution in [0.2, 0.25) is 0 Å². The van der Waals surface area contributed by atoms with Crippen molar-refractivity contribution in [2.45, 2.75) is 30.4 Å². The molecule has 1 aliphatic rings. The minimum atomic E-state index is -3.87. The Labute approximate surface area is 135 Å². The summed E-state index contributed by atoms with van der Waals surface area (Å²) in [4.78, 5) is -0.230. The molecule has 0 saturated carbocycles. The lowest BCUT2D eigenvalue weighted by Gasteiger charge is -2.31. The number of nitrogens with one attached hydrogen (secondary N) is 1. The van der Waals surface area contributed by atoms with Crippen LogP contribution in [0.4, 0.5) is 8.78 Å². The summed E-state index contributed by atoms with van der Waals surface area (Å²) in [5, 5.41) is 3.15. The maximum absolute atomic E-state index is 12.6. The zero-order valence-corrected chi connectivity index (χ0v) is 13.7. The van der Waals surface area contributed by atoms with Gasteiger partial charge in [0.2, 0.25) is 10.0 Å². The lowest BCUT2D eigenvalue weighted by molar-refractivity contribution is -0.0518. The van der Waals surface area contributed by atoms with Crippen LogP contribution in [0.3, 0.4) is 0 Å². The van der Waals surface area contributed by atoms with Gasteiger partial charge < -0.3 is 10.1 Å². The summed E-state index contributed by atoms with van der Waals surface area (Å²) >= 11 is 0. The Morgan fingerprint density at radius 3 is 2.45 bits per heavy atom. The number of hydrogen-bond acceptors (Lipinski definition) is 4. The van der Waals surface area contributed by atoms with Crippen LogP contribution in [0.25, 0.3) is 0 Å². The Kier molecular flexibility index (Phi) is 6.98. The molecule has 2 rings (SSSR count). The first-order valence-corrected chi connectivity index (χ1v) is 8.09. The van der Waals surface area contributed by atoms with Gasteiger partial charge in [-0.05, 0) is 38.1 Å². The average molecular weight is 357 g/mol. The number of alkyl halides is 2. The second kappa shape index (κ2) is 8.05. The van der Waals surface area contributed by atoms with Gasteiger partial charge in [-0.15, -0.1) is 12.4 Å². The average Bonchev–Trinajstić information content (AvgIpc) is 2.47. The smallest absolute Gasteiger partial charge is 0.387 e. The highest BCUT2D eigenvalue weighted by atomic mass is 35.5. The summed E-state index contributed by atoms with van der Waals surface area (Å²) < 4.78 is 55.6. The third kappa shape index (κ3) is 4.28. The highest BCUT2D eigenvalue weighted by Crippen LogP contribution is 2.29. The second-order valence-electron chi connectivity index (χ2n) is 4.83. The summed E-state index contributed by atoms with van der Waals surface area (Å²) in [6.07, 6.45) is 1.38. The van der Waals surface area contributed by atoms with E-state index in [1.165, 1.54) is 35.6 Å². The first-order valence-electron chi connectivity index (χ1n) is 6.65. The van der Waals surface area contributed by atoms with Crippen LogP contribution >= 0.6 is 12.4 Å². The summed E-state index contributed by atoms with van der Waals surface area (Å²) in [5.41, 5.74) is 0. The van der Waals surface area contributed by atoms with E-state index >= 15 is 0 Å². The number of halogens is 3. The Bertz CT molecular complexity index is 580. The SMILES string of the molecule is CN(C1CCNCC1)S(=O)(=O)c1ccccc1OC(F)F.Cl. The summed E-state index contributed by atoms with van der Waals surface area (Å²) in [6.45, 7) is -1.59. The van der Waals surface area contributed by atoms with Crippen molar-refractivity contribution in [1.29, 1.82) is 0 Å². The minimum absolute atomic E-state index is 0. The zero-order chi connectivity index (χ0) is 15.5. The van der Waals surface area contributed by atoms with Crippen LogP contribution in [0.1, 0.15) is 12.8 Å². The Morgan fingerprint density at radius 1 is 1.27 bits per heavy atom. The maximum Gasteiger partial charge on any atom is 0.387 e. The largest absolute Gasteiger partial charge is 0.433 e. The third-order valence-corrected chi connectivity index (χ3v) is 5.49. The van der Waals surface area contributed by atoms with Crippen LogP contribution in [-0.4, -0.2) is 45.5 Å². The number of para-hydroxylation sites is 1. The molecule has 0 spiro atoms. The molecule has 0 bridgehead atoms. The fraction of sp³-hybridized carbons (Fsp3) is 0.538. The summed E-state index contributed by atoms with van der Waals surface area (Å²) in [7, 11) is -2.39. The molecule has 9 heteroatoms. The molecule has 1 fully saturated rings. The van der Waals surface area contributed by atoms with Gasteiger partial charge in [0.05, 0.1) is 0 Å². The van der Waals surface area contributed by atoms with Gasteiger partial charge in [0.1, 0.15) is 10.6 Å². The molecule has 0 amide bonds. The zero-order valence-electron chi connectivity index (χ0n) is 12.0. The van der Waals surface area contributed by atoms with E-state index in [9.17, 15) is 17.2 Å². The van der Waals surface area contributed by atoms with Gasteiger partial charge in [-0.25, -0.2) is 8.42 Å². The number of rotatable bonds is 5. The van der Waals surface area contributed by atoms with Gasteiger partial charge >= 0.3 is 6.61 Å². The van der Waals surface area contributed by atoms with Gasteiger partial charge in [0.25, 0.3) is 0 Å². The highest BCUT2D eigenvalue weighted by Gasteiger charge is 2.31. The third-order valence-electron chi connectivity index (χ3n) is 3.55. The molecule has 5 nitrogen and oxygen atoms in total. The van der Waals surface area contributed by atoms with Gasteiger partial charge in [0.15, 0.2) is 0 Å². The lowest BCUT2D eigenvalue weighted by atomic mass is 10.1. The molecule has 1 saturated heterocycles. The van der Waals surface area contributed by atoms with Crippen molar-refractivity contribution in [3.63, 3.8) is 0 Å². The molecule has 126 valence electrons. The Balaban J connectivity index is 0.00000242. The summed E-state index contributed by atoms with van der Waals surface area (Å²) in [6, 6.07) is 5.32. The number of ether oxygens (including phenoxy) is 1. The molecule has 1 aliphatic heterocycles. The molecule has 0 aliphatic carbocycles. The molecule has 1 aromatic rings. The molecule has 1 heterocycles. The molecular weight excluding hydrogens is 338 g/mol. The molecule has 22 heavy (non-hydrogen) atoms. The van der Waals surface area contributed by atoms with Crippen molar-refractivity contribution in [2.75, 3.05) is 20.1 Å². The molecule has 0 atom stereocenters. The van der Waals surface area contributed by atoms with E-state index in [2.05, 4.69) is 10.1 Å². The van der Waals surface area contributed by atoms with E-state index in [0.717, 1.165) is 13.1 Å². The second-order valence-corrected chi connectivity index (χ2v) is 6.79. The van der Waals surface area contributed by atoms with Gasteiger partial charge in [-0.2, -0.15) is 13.1 Å². The van der Waals surface area contributed by atoms with Gasteiger partial charge in [-0.3, -0.25) is 0 Å². The van der Waals surface area contributed by atoms with E-state index in [0.29, 0.717) is 12.8 Å². The lowest BCUT2D eigenvalue weighted by Crippen LogP contribution is -2.43. The fourth-order valence-corrected chi connectivity index (χ4v) is 3.91. The van der Waals surface area contributed by atoms with Gasteiger partial charge in [0, 0.05) is 13.1 Å². The van der Waals surface area contributed by atoms with Crippen molar-refractivity contribution in [3.05, 3.63) is 24.3 Å². The van der Waals surface area contributed by atoms with E-state index in [4.69, 9.17) is 0 Å². The highest BCUT2D eigenvalue weighted by molar-refractivity contribution is 7.89. The molecule has 1 N–H and O–H groups in total. The minimum Gasteiger partial charge on any atom is -0.433 e. The standard InChI is InChI=1S/C13H18F2N2O3S.ClH/c1-17(10-6-8-16-9-7-10)21(18,19)12-5-3-2-4-11(12)20-13(14)15;/h2-5,10,13,16H,6-9H2,1H3;1H. The van der Waals surface area contributed by atoms with Crippen LogP contribution < -0.4 is 10.1 Å². The predicted octanol–water partition coefficient (Wildman–Crippen LogP) is 2.08. The molecular formula is C13H19ClF2N2O3S. The van der Waals surface area contributed by atoms with Crippen molar-refractivity contribution in [3.8, 4) is 5.75 Å². The van der Waals surface area contributed by atoms with Crippen molar-refractivity contribution in [2.24, 2.45) is 0 Å². The van der Waals surface area contributed by atoms with E-state index in [-0.39, 0.29) is 29.1 Å². The van der Waals surface area contributed by atoms with E-state index in [1.54, 1.807) is 0 Å². The number of sulfonamides is 1. The first-order chi connectivity index (χ1) is 9.93. The topological polar surface area (TPSA) is 58.6 Å².